The lowest BCUT2D eigenvalue weighted by molar-refractivity contribution is 1.37. The molecule has 0 unspecified atom stereocenters. The van der Waals surface area contributed by atoms with E-state index in [1.54, 1.807) is 0 Å². The van der Waals surface area contributed by atoms with Crippen LogP contribution in [0, 0.1) is 13.8 Å². The number of aromatic nitrogens is 1. The van der Waals surface area contributed by atoms with Crippen molar-refractivity contribution < 1.29 is 0 Å². The fraction of sp³-hybridized carbons (Fsp3) is 0.133. The van der Waals surface area contributed by atoms with Crippen molar-refractivity contribution in [3.05, 3.63) is 53.7 Å². The van der Waals surface area contributed by atoms with Crippen molar-refractivity contribution in [2.24, 2.45) is 0 Å². The average Bonchev–Trinajstić information content (AvgIpc) is 2.36. The Hall–Kier alpha value is -1.89. The highest BCUT2D eigenvalue weighted by atomic mass is 14.6. The van der Waals surface area contributed by atoms with Gasteiger partial charge in [0, 0.05) is 11.6 Å². The Kier molecular flexibility index (Phi) is 1.93. The summed E-state index contributed by atoms with van der Waals surface area (Å²) < 4.78 is 0. The third kappa shape index (κ3) is 1.15. The minimum absolute atomic E-state index is 1.12. The van der Waals surface area contributed by atoms with Gasteiger partial charge in [0.1, 0.15) is 0 Å². The van der Waals surface area contributed by atoms with Gasteiger partial charge in [-0.2, -0.15) is 0 Å². The molecule has 0 aliphatic carbocycles. The molecule has 3 aromatic rings. The van der Waals surface area contributed by atoms with Crippen molar-refractivity contribution in [3.8, 4) is 0 Å². The van der Waals surface area contributed by atoms with E-state index in [4.69, 9.17) is 0 Å². The average molecular weight is 207 g/mol. The maximum Gasteiger partial charge on any atom is 0.0740 e. The topological polar surface area (TPSA) is 12.9 Å². The molecule has 0 spiro atoms. The van der Waals surface area contributed by atoms with Gasteiger partial charge in [-0.25, -0.2) is 0 Å². The molecule has 0 atom stereocenters. The van der Waals surface area contributed by atoms with Crippen molar-refractivity contribution in [1.29, 1.82) is 0 Å². The molecule has 0 N–H and O–H groups in total. The molecular formula is C15H13N. The molecule has 0 saturated heterocycles. The van der Waals surface area contributed by atoms with Crippen LogP contribution in [0.3, 0.4) is 0 Å². The smallest absolute Gasteiger partial charge is 0.0740 e. The van der Waals surface area contributed by atoms with Gasteiger partial charge in [0.15, 0.2) is 0 Å². The zero-order chi connectivity index (χ0) is 11.1. The van der Waals surface area contributed by atoms with Gasteiger partial charge < -0.3 is 0 Å². The molecular weight excluding hydrogens is 194 g/mol. The van der Waals surface area contributed by atoms with Crippen LogP contribution in [0.1, 0.15) is 11.1 Å². The van der Waals surface area contributed by atoms with Crippen molar-refractivity contribution in [2.45, 2.75) is 13.8 Å². The van der Waals surface area contributed by atoms with Gasteiger partial charge in [0.2, 0.25) is 0 Å². The van der Waals surface area contributed by atoms with Gasteiger partial charge in [0.05, 0.1) is 5.52 Å². The first-order chi connectivity index (χ1) is 7.79. The standard InChI is InChI=1S/C15H13N/c1-10-12-6-3-4-7-13(12)11(2)15-14(10)8-5-9-16-15/h3-9H,1-2H3. The molecule has 0 bridgehead atoms. The van der Waals surface area contributed by atoms with Gasteiger partial charge >= 0.3 is 0 Å². The largest absolute Gasteiger partial charge is 0.256 e. The first-order valence-electron chi connectivity index (χ1n) is 5.51. The van der Waals surface area contributed by atoms with Crippen LogP contribution in [-0.2, 0) is 0 Å². The molecule has 16 heavy (non-hydrogen) atoms. The monoisotopic (exact) mass is 207 g/mol. The number of hydrogen-bond donors (Lipinski definition) is 0. The maximum absolute atomic E-state index is 4.49. The number of aryl methyl sites for hydroxylation is 2. The SMILES string of the molecule is Cc1c2ccccc2c(C)c2ncccc12. The molecule has 0 saturated carbocycles. The van der Waals surface area contributed by atoms with Gasteiger partial charge in [-0.15, -0.1) is 0 Å². The number of nitrogens with zero attached hydrogens (tertiary/aromatic N) is 1. The second kappa shape index (κ2) is 3.31. The third-order valence-electron chi connectivity index (χ3n) is 3.30. The molecule has 0 amide bonds. The Labute approximate surface area is 94.7 Å². The summed E-state index contributed by atoms with van der Waals surface area (Å²) >= 11 is 0. The summed E-state index contributed by atoms with van der Waals surface area (Å²) in [7, 11) is 0. The number of hydrogen-bond acceptors (Lipinski definition) is 1. The van der Waals surface area contributed by atoms with Gasteiger partial charge in [-0.1, -0.05) is 30.3 Å². The Balaban J connectivity index is 2.67. The highest BCUT2D eigenvalue weighted by Crippen LogP contribution is 2.30. The fourth-order valence-electron chi connectivity index (χ4n) is 2.42. The summed E-state index contributed by atoms with van der Waals surface area (Å²) in [6, 6.07) is 12.7. The van der Waals surface area contributed by atoms with Gasteiger partial charge in [0.25, 0.3) is 0 Å². The second-order valence-electron chi connectivity index (χ2n) is 4.20. The highest BCUT2D eigenvalue weighted by molar-refractivity contribution is 6.03. The van der Waals surface area contributed by atoms with E-state index in [9.17, 15) is 0 Å². The van der Waals surface area contributed by atoms with Gasteiger partial charge in [-0.3, -0.25) is 4.98 Å². The Morgan fingerprint density at radius 3 is 2.12 bits per heavy atom. The zero-order valence-electron chi connectivity index (χ0n) is 9.49. The van der Waals surface area contributed by atoms with Crippen LogP contribution in [0.25, 0.3) is 21.7 Å². The summed E-state index contributed by atoms with van der Waals surface area (Å²) in [6.45, 7) is 4.32. The minimum Gasteiger partial charge on any atom is -0.256 e. The molecule has 0 aliphatic heterocycles. The summed E-state index contributed by atoms with van der Waals surface area (Å²) in [4.78, 5) is 4.49. The van der Waals surface area contributed by atoms with E-state index in [1.807, 2.05) is 12.3 Å². The first-order valence-corrected chi connectivity index (χ1v) is 5.51. The quantitative estimate of drug-likeness (QED) is 0.508. The molecule has 0 radical (unpaired) electrons. The summed E-state index contributed by atoms with van der Waals surface area (Å²) in [5.41, 5.74) is 3.72. The van der Waals surface area contributed by atoms with Crippen LogP contribution >= 0.6 is 0 Å². The van der Waals surface area contributed by atoms with E-state index in [1.165, 1.54) is 27.3 Å². The van der Waals surface area contributed by atoms with Crippen molar-refractivity contribution in [2.75, 3.05) is 0 Å². The Morgan fingerprint density at radius 2 is 1.38 bits per heavy atom. The van der Waals surface area contributed by atoms with E-state index in [-0.39, 0.29) is 0 Å². The van der Waals surface area contributed by atoms with E-state index < -0.39 is 0 Å². The molecule has 1 nitrogen and oxygen atoms in total. The van der Waals surface area contributed by atoms with Crippen LogP contribution in [0.15, 0.2) is 42.6 Å². The van der Waals surface area contributed by atoms with Crippen molar-refractivity contribution in [1.82, 2.24) is 4.98 Å². The number of pyridine rings is 1. The lowest BCUT2D eigenvalue weighted by Gasteiger charge is -2.10. The summed E-state index contributed by atoms with van der Waals surface area (Å²) in [5.74, 6) is 0. The highest BCUT2D eigenvalue weighted by Gasteiger charge is 2.07. The predicted molar refractivity (Wildman–Crippen MR) is 68.7 cm³/mol. The van der Waals surface area contributed by atoms with Crippen LogP contribution < -0.4 is 0 Å². The zero-order valence-corrected chi connectivity index (χ0v) is 9.49. The van der Waals surface area contributed by atoms with Crippen molar-refractivity contribution in [3.63, 3.8) is 0 Å². The predicted octanol–water partition coefficient (Wildman–Crippen LogP) is 4.00. The van der Waals surface area contributed by atoms with E-state index in [2.05, 4.69) is 49.2 Å². The van der Waals surface area contributed by atoms with Crippen LogP contribution in [0.4, 0.5) is 0 Å². The van der Waals surface area contributed by atoms with Crippen LogP contribution in [-0.4, -0.2) is 4.98 Å². The van der Waals surface area contributed by atoms with Crippen LogP contribution in [0.5, 0.6) is 0 Å². The van der Waals surface area contributed by atoms with E-state index in [0.717, 1.165) is 5.52 Å². The van der Waals surface area contributed by atoms with E-state index in [0.29, 0.717) is 0 Å². The Morgan fingerprint density at radius 1 is 0.750 bits per heavy atom. The fourth-order valence-corrected chi connectivity index (χ4v) is 2.42. The van der Waals surface area contributed by atoms with Crippen LogP contribution in [0.2, 0.25) is 0 Å². The first kappa shape index (κ1) is 9.34. The molecule has 78 valence electrons. The molecule has 2 aromatic carbocycles. The number of benzene rings is 2. The lowest BCUT2D eigenvalue weighted by atomic mass is 9.96. The molecule has 0 fully saturated rings. The van der Waals surface area contributed by atoms with Crippen molar-refractivity contribution >= 4 is 21.7 Å². The van der Waals surface area contributed by atoms with Gasteiger partial charge in [-0.05, 0) is 41.8 Å². The normalized spacial score (nSPS) is 11.1. The number of rotatable bonds is 0. The molecule has 1 heterocycles. The molecule has 1 heteroatoms. The molecule has 3 rings (SSSR count). The third-order valence-corrected chi connectivity index (χ3v) is 3.30. The second-order valence-corrected chi connectivity index (χ2v) is 4.20. The summed E-state index contributed by atoms with van der Waals surface area (Å²) in [5, 5.41) is 3.91. The van der Waals surface area contributed by atoms with E-state index >= 15 is 0 Å². The number of fused-ring (bicyclic) bond motifs is 2. The molecule has 0 aliphatic rings. The summed E-state index contributed by atoms with van der Waals surface area (Å²) in [6.07, 6.45) is 1.86. The maximum atomic E-state index is 4.49. The Bertz CT molecular complexity index is 566. The minimum atomic E-state index is 1.12. The molecule has 1 aromatic heterocycles. The lowest BCUT2D eigenvalue weighted by Crippen LogP contribution is -1.89.